The first-order valence-electron chi connectivity index (χ1n) is 5.07. The molecule has 0 radical (unpaired) electrons. The first-order valence-corrected chi connectivity index (χ1v) is 5.07. The molecule has 2 heteroatoms. The lowest BCUT2D eigenvalue weighted by Crippen LogP contribution is -2.26. The van der Waals surface area contributed by atoms with Gasteiger partial charge in [-0.3, -0.25) is 4.79 Å². The summed E-state index contributed by atoms with van der Waals surface area (Å²) in [5.74, 6) is 0.453. The Morgan fingerprint density at radius 3 is 2.64 bits per heavy atom. The molecule has 0 aliphatic carbocycles. The topological polar surface area (TPSA) is 20.3 Å². The van der Waals surface area contributed by atoms with Crippen LogP contribution >= 0.6 is 0 Å². The molecule has 74 valence electrons. The minimum Gasteiger partial charge on any atom is -0.312 e. The van der Waals surface area contributed by atoms with Crippen LogP contribution in [0.5, 0.6) is 0 Å². The third kappa shape index (κ3) is 1.41. The van der Waals surface area contributed by atoms with Crippen LogP contribution in [0.4, 0.5) is 5.69 Å². The molecule has 1 heterocycles. The van der Waals surface area contributed by atoms with Crippen molar-refractivity contribution in [2.45, 2.75) is 20.3 Å². The summed E-state index contributed by atoms with van der Waals surface area (Å²) in [5, 5.41) is 0. The van der Waals surface area contributed by atoms with Crippen molar-refractivity contribution < 1.29 is 4.79 Å². The molecule has 0 saturated carbocycles. The maximum atomic E-state index is 11.8. The standard InChI is InChI=1S/C12H15NO/c1-9-5-3-4-6-11(9)13-8-7-10(2)12(13)14/h3-6,10H,7-8H2,1-2H3. The molecule has 14 heavy (non-hydrogen) atoms. The molecule has 0 aromatic heterocycles. The first kappa shape index (κ1) is 9.25. The number of nitrogens with zero attached hydrogens (tertiary/aromatic N) is 1. The number of hydrogen-bond donors (Lipinski definition) is 0. The summed E-state index contributed by atoms with van der Waals surface area (Å²) < 4.78 is 0. The molecule has 2 nitrogen and oxygen atoms in total. The lowest BCUT2D eigenvalue weighted by atomic mass is 10.1. The summed E-state index contributed by atoms with van der Waals surface area (Å²) in [7, 11) is 0. The highest BCUT2D eigenvalue weighted by Crippen LogP contribution is 2.27. The molecule has 1 unspecified atom stereocenters. The minimum absolute atomic E-state index is 0.189. The zero-order valence-electron chi connectivity index (χ0n) is 8.66. The fourth-order valence-electron chi connectivity index (χ4n) is 1.93. The highest BCUT2D eigenvalue weighted by Gasteiger charge is 2.29. The monoisotopic (exact) mass is 189 g/mol. The van der Waals surface area contributed by atoms with Gasteiger partial charge in [-0.25, -0.2) is 0 Å². The molecule has 0 spiro atoms. The van der Waals surface area contributed by atoms with Gasteiger partial charge >= 0.3 is 0 Å². The molecule has 1 atom stereocenters. The average Bonchev–Trinajstić information content (AvgIpc) is 2.49. The van der Waals surface area contributed by atoms with E-state index in [1.807, 2.05) is 43.0 Å². The van der Waals surface area contributed by atoms with Crippen LogP contribution in [-0.2, 0) is 4.79 Å². The second-order valence-electron chi connectivity index (χ2n) is 3.97. The number of rotatable bonds is 1. The summed E-state index contributed by atoms with van der Waals surface area (Å²) in [6.45, 7) is 4.91. The molecule has 0 bridgehead atoms. The van der Waals surface area contributed by atoms with Crippen LogP contribution in [0.15, 0.2) is 24.3 Å². The van der Waals surface area contributed by atoms with Gasteiger partial charge < -0.3 is 4.90 Å². The Bertz CT molecular complexity index is 359. The molecule has 1 aliphatic heterocycles. The highest BCUT2D eigenvalue weighted by molar-refractivity contribution is 5.97. The largest absolute Gasteiger partial charge is 0.312 e. The average molecular weight is 189 g/mol. The van der Waals surface area contributed by atoms with Crippen LogP contribution in [0.25, 0.3) is 0 Å². The van der Waals surface area contributed by atoms with Crippen LogP contribution in [-0.4, -0.2) is 12.5 Å². The van der Waals surface area contributed by atoms with E-state index in [1.165, 1.54) is 5.56 Å². The Morgan fingerprint density at radius 2 is 2.07 bits per heavy atom. The maximum absolute atomic E-state index is 11.8. The van der Waals surface area contributed by atoms with Gasteiger partial charge in [-0.2, -0.15) is 0 Å². The zero-order valence-corrected chi connectivity index (χ0v) is 8.66. The highest BCUT2D eigenvalue weighted by atomic mass is 16.2. The molecule has 1 amide bonds. The normalized spacial score (nSPS) is 21.7. The number of anilines is 1. The molecule has 1 aliphatic rings. The Labute approximate surface area is 84.5 Å². The van der Waals surface area contributed by atoms with Gasteiger partial charge in [-0.05, 0) is 25.0 Å². The van der Waals surface area contributed by atoms with Gasteiger partial charge in [0.25, 0.3) is 0 Å². The van der Waals surface area contributed by atoms with Crippen molar-refractivity contribution in [3.63, 3.8) is 0 Å². The van der Waals surface area contributed by atoms with E-state index in [1.54, 1.807) is 0 Å². The second kappa shape index (κ2) is 3.45. The van der Waals surface area contributed by atoms with Crippen molar-refractivity contribution in [2.75, 3.05) is 11.4 Å². The van der Waals surface area contributed by atoms with Gasteiger partial charge in [-0.1, -0.05) is 25.1 Å². The van der Waals surface area contributed by atoms with Crippen molar-refractivity contribution >= 4 is 11.6 Å². The van der Waals surface area contributed by atoms with E-state index in [2.05, 4.69) is 0 Å². The van der Waals surface area contributed by atoms with Crippen molar-refractivity contribution in [3.8, 4) is 0 Å². The van der Waals surface area contributed by atoms with E-state index in [0.29, 0.717) is 0 Å². The third-order valence-electron chi connectivity index (χ3n) is 2.88. The summed E-state index contributed by atoms with van der Waals surface area (Å²) in [4.78, 5) is 13.7. The first-order chi connectivity index (χ1) is 6.70. The molecular formula is C12H15NO. The summed E-state index contributed by atoms with van der Waals surface area (Å²) in [6.07, 6.45) is 0.979. The molecule has 2 rings (SSSR count). The summed E-state index contributed by atoms with van der Waals surface area (Å²) >= 11 is 0. The molecule has 1 saturated heterocycles. The number of hydrogen-bond acceptors (Lipinski definition) is 1. The number of aryl methyl sites for hydroxylation is 1. The smallest absolute Gasteiger partial charge is 0.229 e. The Hall–Kier alpha value is -1.31. The lowest BCUT2D eigenvalue weighted by molar-refractivity contribution is -0.119. The second-order valence-corrected chi connectivity index (χ2v) is 3.97. The lowest BCUT2D eigenvalue weighted by Gasteiger charge is -2.18. The number of carbonyl (C=O) groups excluding carboxylic acids is 1. The van der Waals surface area contributed by atoms with Crippen LogP contribution in [0.2, 0.25) is 0 Å². The molecular weight excluding hydrogens is 174 g/mol. The minimum atomic E-state index is 0.189. The van der Waals surface area contributed by atoms with Crippen molar-refractivity contribution in [3.05, 3.63) is 29.8 Å². The molecule has 1 aromatic rings. The van der Waals surface area contributed by atoms with E-state index in [-0.39, 0.29) is 11.8 Å². The predicted molar refractivity (Wildman–Crippen MR) is 57.3 cm³/mol. The van der Waals surface area contributed by atoms with Gasteiger partial charge in [0.15, 0.2) is 0 Å². The number of amides is 1. The van der Waals surface area contributed by atoms with Gasteiger partial charge in [0.1, 0.15) is 0 Å². The van der Waals surface area contributed by atoms with Crippen LogP contribution < -0.4 is 4.90 Å². The van der Waals surface area contributed by atoms with Gasteiger partial charge in [0.2, 0.25) is 5.91 Å². The summed E-state index contributed by atoms with van der Waals surface area (Å²) in [5.41, 5.74) is 2.25. The Morgan fingerprint density at radius 1 is 1.36 bits per heavy atom. The van der Waals surface area contributed by atoms with E-state index >= 15 is 0 Å². The quantitative estimate of drug-likeness (QED) is 0.664. The Kier molecular flexibility index (Phi) is 2.28. The summed E-state index contributed by atoms with van der Waals surface area (Å²) in [6, 6.07) is 8.05. The number of carbonyl (C=O) groups is 1. The van der Waals surface area contributed by atoms with Gasteiger partial charge in [0.05, 0.1) is 0 Å². The van der Waals surface area contributed by atoms with Crippen LogP contribution in [0.3, 0.4) is 0 Å². The van der Waals surface area contributed by atoms with Gasteiger partial charge in [-0.15, -0.1) is 0 Å². The number of benzene rings is 1. The van der Waals surface area contributed by atoms with E-state index in [4.69, 9.17) is 0 Å². The van der Waals surface area contributed by atoms with E-state index < -0.39 is 0 Å². The van der Waals surface area contributed by atoms with Crippen LogP contribution in [0, 0.1) is 12.8 Å². The van der Waals surface area contributed by atoms with Crippen molar-refractivity contribution in [1.82, 2.24) is 0 Å². The SMILES string of the molecule is Cc1ccccc1N1CCC(C)C1=O. The van der Waals surface area contributed by atoms with E-state index in [9.17, 15) is 4.79 Å². The molecule has 1 fully saturated rings. The zero-order chi connectivity index (χ0) is 10.1. The fourth-order valence-corrected chi connectivity index (χ4v) is 1.93. The maximum Gasteiger partial charge on any atom is 0.229 e. The molecule has 1 aromatic carbocycles. The number of para-hydroxylation sites is 1. The Balaban J connectivity index is 2.33. The molecule has 0 N–H and O–H groups in total. The van der Waals surface area contributed by atoms with Crippen LogP contribution in [0.1, 0.15) is 18.9 Å². The van der Waals surface area contributed by atoms with Crippen molar-refractivity contribution in [1.29, 1.82) is 0 Å². The third-order valence-corrected chi connectivity index (χ3v) is 2.88. The van der Waals surface area contributed by atoms with Crippen molar-refractivity contribution in [2.24, 2.45) is 5.92 Å². The predicted octanol–water partition coefficient (Wildman–Crippen LogP) is 2.37. The van der Waals surface area contributed by atoms with E-state index in [0.717, 1.165) is 18.7 Å². The van der Waals surface area contributed by atoms with Gasteiger partial charge in [0, 0.05) is 18.2 Å². The fraction of sp³-hybridized carbons (Fsp3) is 0.417.